The molecule has 124 valence electrons. The highest BCUT2D eigenvalue weighted by Gasteiger charge is 1.98. The highest BCUT2D eigenvalue weighted by Crippen LogP contribution is 2.12. The van der Waals surface area contributed by atoms with Gasteiger partial charge in [0.25, 0.3) is 0 Å². The summed E-state index contributed by atoms with van der Waals surface area (Å²) in [5.41, 5.74) is 0. The van der Waals surface area contributed by atoms with E-state index < -0.39 is 0 Å². The minimum absolute atomic E-state index is 0.165. The van der Waals surface area contributed by atoms with Crippen LogP contribution in [0.1, 0.15) is 96.8 Å². The van der Waals surface area contributed by atoms with E-state index in [0.29, 0.717) is 12.2 Å². The fourth-order valence-corrected chi connectivity index (χ4v) is 2.55. The van der Waals surface area contributed by atoms with Gasteiger partial charge in [-0.2, -0.15) is 0 Å². The second-order valence-corrected chi connectivity index (χ2v) is 6.12. The second-order valence-electron chi connectivity index (χ2n) is 6.12. The predicted octanol–water partition coefficient (Wildman–Crippen LogP) is 4.78. The highest BCUT2D eigenvalue weighted by atomic mass is 16.1. The van der Waals surface area contributed by atoms with Crippen molar-refractivity contribution >= 4 is 11.7 Å². The first kappa shape index (κ1) is 20.1. The molecule has 0 saturated carbocycles. The van der Waals surface area contributed by atoms with Crippen molar-refractivity contribution in [3.8, 4) is 0 Å². The first-order chi connectivity index (χ1) is 10.2. The molecule has 0 aliphatic rings. The monoisotopic (exact) mass is 297 g/mol. The maximum atomic E-state index is 11.0. The normalized spacial score (nSPS) is 10.6. The molecule has 0 atom stereocenters. The first-order valence-corrected chi connectivity index (χ1v) is 8.87. The molecular formula is C18H35NO2. The molecule has 0 aliphatic heterocycles. The van der Waals surface area contributed by atoms with Gasteiger partial charge in [0.2, 0.25) is 5.91 Å². The Morgan fingerprint density at radius 3 is 1.29 bits per heavy atom. The van der Waals surface area contributed by atoms with Crippen molar-refractivity contribution in [3.05, 3.63) is 0 Å². The molecule has 0 rings (SSSR count). The molecule has 1 N–H and O–H groups in total. The number of carbonyl (C=O) groups excluding carboxylic acids is 2. The van der Waals surface area contributed by atoms with Gasteiger partial charge in [-0.1, -0.05) is 64.2 Å². The van der Waals surface area contributed by atoms with E-state index in [1.54, 1.807) is 14.0 Å². The standard InChI is InChI=1S/C18H35NO2/c1-17(20)15-13-11-9-7-5-3-4-6-8-10-12-14-16-18(21)19-2/h3-16H2,1-2H3,(H,19,21). The largest absolute Gasteiger partial charge is 0.359 e. The van der Waals surface area contributed by atoms with Crippen molar-refractivity contribution < 1.29 is 9.59 Å². The van der Waals surface area contributed by atoms with Gasteiger partial charge in [-0.3, -0.25) is 4.79 Å². The van der Waals surface area contributed by atoms with Gasteiger partial charge >= 0.3 is 0 Å². The molecule has 21 heavy (non-hydrogen) atoms. The molecule has 0 unspecified atom stereocenters. The van der Waals surface area contributed by atoms with E-state index in [0.717, 1.165) is 19.3 Å². The zero-order valence-corrected chi connectivity index (χ0v) is 14.2. The summed E-state index contributed by atoms with van der Waals surface area (Å²) in [5, 5.41) is 2.66. The molecule has 3 heteroatoms. The van der Waals surface area contributed by atoms with Gasteiger partial charge in [0.15, 0.2) is 0 Å². The van der Waals surface area contributed by atoms with Crippen LogP contribution in [0.15, 0.2) is 0 Å². The van der Waals surface area contributed by atoms with Gasteiger partial charge in [-0.05, 0) is 19.8 Å². The first-order valence-electron chi connectivity index (χ1n) is 8.87. The van der Waals surface area contributed by atoms with Crippen molar-refractivity contribution in [2.45, 2.75) is 96.8 Å². The van der Waals surface area contributed by atoms with Crippen LogP contribution in [0.3, 0.4) is 0 Å². The lowest BCUT2D eigenvalue weighted by Crippen LogP contribution is -2.16. The molecule has 0 saturated heterocycles. The molecular weight excluding hydrogens is 262 g/mol. The highest BCUT2D eigenvalue weighted by molar-refractivity contribution is 5.75. The van der Waals surface area contributed by atoms with Crippen LogP contribution < -0.4 is 5.32 Å². The number of Topliss-reactive ketones (excluding diaryl/α,β-unsaturated/α-hetero) is 1. The Morgan fingerprint density at radius 2 is 0.952 bits per heavy atom. The lowest BCUT2D eigenvalue weighted by atomic mass is 10.0. The quantitative estimate of drug-likeness (QED) is 0.442. The molecule has 0 aromatic carbocycles. The van der Waals surface area contributed by atoms with E-state index >= 15 is 0 Å². The van der Waals surface area contributed by atoms with E-state index in [1.807, 2.05) is 0 Å². The van der Waals surface area contributed by atoms with Crippen LogP contribution in [0.5, 0.6) is 0 Å². The van der Waals surface area contributed by atoms with E-state index in [9.17, 15) is 9.59 Å². The van der Waals surface area contributed by atoms with Crippen molar-refractivity contribution in [3.63, 3.8) is 0 Å². The van der Waals surface area contributed by atoms with Crippen molar-refractivity contribution in [1.29, 1.82) is 0 Å². The van der Waals surface area contributed by atoms with Crippen LogP contribution in [0.4, 0.5) is 0 Å². The Balaban J connectivity index is 3.02. The number of rotatable bonds is 15. The molecule has 0 radical (unpaired) electrons. The topological polar surface area (TPSA) is 46.2 Å². The third-order valence-electron chi connectivity index (χ3n) is 3.96. The summed E-state index contributed by atoms with van der Waals surface area (Å²) in [6.45, 7) is 1.68. The van der Waals surface area contributed by atoms with Gasteiger partial charge in [0, 0.05) is 19.9 Å². The Labute approximate surface area is 131 Å². The van der Waals surface area contributed by atoms with Crippen LogP contribution in [-0.4, -0.2) is 18.7 Å². The maximum Gasteiger partial charge on any atom is 0.219 e. The number of ketones is 1. The van der Waals surface area contributed by atoms with E-state index in [1.165, 1.54) is 64.2 Å². The van der Waals surface area contributed by atoms with Crippen LogP contribution in [0.25, 0.3) is 0 Å². The molecule has 0 bridgehead atoms. The smallest absolute Gasteiger partial charge is 0.219 e. The molecule has 1 amide bonds. The van der Waals surface area contributed by atoms with E-state index in [-0.39, 0.29) is 5.91 Å². The summed E-state index contributed by atoms with van der Waals surface area (Å²) < 4.78 is 0. The third-order valence-corrected chi connectivity index (χ3v) is 3.96. The molecule has 0 aliphatic carbocycles. The predicted molar refractivity (Wildman–Crippen MR) is 89.4 cm³/mol. The van der Waals surface area contributed by atoms with Gasteiger partial charge < -0.3 is 10.1 Å². The van der Waals surface area contributed by atoms with Gasteiger partial charge in [0.1, 0.15) is 5.78 Å². The average Bonchev–Trinajstić information content (AvgIpc) is 2.46. The molecule has 0 heterocycles. The minimum Gasteiger partial charge on any atom is -0.359 e. The number of nitrogens with one attached hydrogen (secondary N) is 1. The second kappa shape index (κ2) is 15.5. The van der Waals surface area contributed by atoms with E-state index in [2.05, 4.69) is 5.32 Å². The van der Waals surface area contributed by atoms with Crippen LogP contribution >= 0.6 is 0 Å². The summed E-state index contributed by atoms with van der Waals surface area (Å²) in [5.74, 6) is 0.489. The van der Waals surface area contributed by atoms with Gasteiger partial charge in [-0.25, -0.2) is 0 Å². The van der Waals surface area contributed by atoms with E-state index in [4.69, 9.17) is 0 Å². The van der Waals surface area contributed by atoms with Crippen LogP contribution in [-0.2, 0) is 9.59 Å². The number of unbranched alkanes of at least 4 members (excludes halogenated alkanes) is 11. The van der Waals surface area contributed by atoms with Gasteiger partial charge in [-0.15, -0.1) is 0 Å². The summed E-state index contributed by atoms with van der Waals surface area (Å²) in [6.07, 6.45) is 16.5. The molecule has 0 spiro atoms. The molecule has 0 fully saturated rings. The fraction of sp³-hybridized carbons (Fsp3) is 0.889. The Kier molecular flexibility index (Phi) is 14.9. The SMILES string of the molecule is CNC(=O)CCCCCCCCCCCCCCC(C)=O. The number of hydrogen-bond acceptors (Lipinski definition) is 2. The molecule has 0 aromatic heterocycles. The Hall–Kier alpha value is -0.860. The Bertz CT molecular complexity index is 264. The van der Waals surface area contributed by atoms with Crippen molar-refractivity contribution in [1.82, 2.24) is 5.32 Å². The zero-order chi connectivity index (χ0) is 15.8. The summed E-state index contributed by atoms with van der Waals surface area (Å²) in [4.78, 5) is 21.8. The minimum atomic E-state index is 0.165. The lowest BCUT2D eigenvalue weighted by molar-refractivity contribution is -0.120. The summed E-state index contributed by atoms with van der Waals surface area (Å²) in [7, 11) is 1.70. The average molecular weight is 297 g/mol. The Morgan fingerprint density at radius 1 is 0.619 bits per heavy atom. The third kappa shape index (κ3) is 17.1. The maximum absolute atomic E-state index is 11.0. The van der Waals surface area contributed by atoms with Crippen molar-refractivity contribution in [2.24, 2.45) is 0 Å². The summed E-state index contributed by atoms with van der Waals surface area (Å²) in [6, 6.07) is 0. The number of amides is 1. The molecule has 0 aromatic rings. The summed E-state index contributed by atoms with van der Waals surface area (Å²) >= 11 is 0. The lowest BCUT2D eigenvalue weighted by Gasteiger charge is -2.03. The number of hydrogen-bond donors (Lipinski definition) is 1. The zero-order valence-electron chi connectivity index (χ0n) is 14.2. The molecule has 3 nitrogen and oxygen atoms in total. The van der Waals surface area contributed by atoms with Crippen LogP contribution in [0, 0.1) is 0 Å². The van der Waals surface area contributed by atoms with Gasteiger partial charge in [0.05, 0.1) is 0 Å². The van der Waals surface area contributed by atoms with Crippen LogP contribution in [0.2, 0.25) is 0 Å². The van der Waals surface area contributed by atoms with Crippen molar-refractivity contribution in [2.75, 3.05) is 7.05 Å². The number of carbonyl (C=O) groups is 2. The fourth-order valence-electron chi connectivity index (χ4n) is 2.55.